The van der Waals surface area contributed by atoms with Gasteiger partial charge in [0, 0.05) is 6.42 Å². The van der Waals surface area contributed by atoms with Gasteiger partial charge >= 0.3 is 12.4 Å². The van der Waals surface area contributed by atoms with Gasteiger partial charge in [-0.25, -0.2) is 0 Å². The Bertz CT molecular complexity index is 1450. The van der Waals surface area contributed by atoms with E-state index in [9.17, 15) is 36.6 Å². The molecule has 0 saturated carbocycles. The lowest BCUT2D eigenvalue weighted by atomic mass is 9.78. The second-order valence-electron chi connectivity index (χ2n) is 9.52. The molecule has 0 aliphatic carbocycles. The van der Waals surface area contributed by atoms with Crippen LogP contribution in [-0.2, 0) is 28.3 Å². The minimum atomic E-state index is -4.84. The molecule has 12 heteroatoms. The van der Waals surface area contributed by atoms with Gasteiger partial charge in [-0.05, 0) is 62.2 Å². The monoisotopic (exact) mass is 538 g/mol. The number of nitrogens with zero attached hydrogens (tertiary/aromatic N) is 2. The zero-order chi connectivity index (χ0) is 27.7. The number of benzene rings is 2. The fraction of sp³-hybridized carbons (Fsp3) is 0.346. The zero-order valence-corrected chi connectivity index (χ0v) is 19.7. The molecule has 0 spiro atoms. The van der Waals surface area contributed by atoms with Crippen molar-refractivity contribution < 1.29 is 46.0 Å². The van der Waals surface area contributed by atoms with Gasteiger partial charge in [0.25, 0.3) is 0 Å². The maximum Gasteiger partial charge on any atom is 0.417 e. The Balaban J connectivity index is 1.47. The maximum absolute atomic E-state index is 13.5. The fourth-order valence-electron chi connectivity index (χ4n) is 5.43. The molecule has 38 heavy (non-hydrogen) atoms. The molecule has 0 amide bonds. The average molecular weight is 538 g/mol. The maximum atomic E-state index is 13.5. The minimum Gasteiger partial charge on any atom is -0.494 e. The molecule has 3 aromatic rings. The van der Waals surface area contributed by atoms with Crippen LogP contribution in [0.15, 0.2) is 42.5 Å². The van der Waals surface area contributed by atoms with Crippen LogP contribution >= 0.6 is 0 Å². The van der Waals surface area contributed by atoms with Gasteiger partial charge in [-0.2, -0.15) is 31.6 Å². The average Bonchev–Trinajstić information content (AvgIpc) is 3.42. The number of aromatic nitrogens is 1. The van der Waals surface area contributed by atoms with Crippen molar-refractivity contribution in [3.8, 4) is 29.3 Å². The highest BCUT2D eigenvalue weighted by Crippen LogP contribution is 2.65. The van der Waals surface area contributed by atoms with Gasteiger partial charge in [0.2, 0.25) is 11.8 Å². The van der Waals surface area contributed by atoms with E-state index in [0.29, 0.717) is 18.9 Å². The molecule has 1 aromatic heterocycles. The highest BCUT2D eigenvalue weighted by molar-refractivity contribution is 5.62. The largest absolute Gasteiger partial charge is 0.494 e. The summed E-state index contributed by atoms with van der Waals surface area (Å²) in [7, 11) is 0. The van der Waals surface area contributed by atoms with Crippen molar-refractivity contribution in [2.24, 2.45) is 0 Å². The molecule has 2 atom stereocenters. The second-order valence-corrected chi connectivity index (χ2v) is 9.52. The van der Waals surface area contributed by atoms with E-state index in [1.165, 1.54) is 24.3 Å². The quantitative estimate of drug-likeness (QED) is 0.362. The van der Waals surface area contributed by atoms with Crippen LogP contribution in [-0.4, -0.2) is 21.4 Å². The first-order valence-corrected chi connectivity index (χ1v) is 11.5. The molecule has 6 nitrogen and oxygen atoms in total. The Morgan fingerprint density at radius 2 is 1.63 bits per heavy atom. The predicted octanol–water partition coefficient (Wildman–Crippen LogP) is 6.50. The second kappa shape index (κ2) is 8.33. The number of hydrogen-bond acceptors (Lipinski definition) is 5. The van der Waals surface area contributed by atoms with E-state index in [4.69, 9.17) is 14.7 Å². The first-order chi connectivity index (χ1) is 17.7. The normalized spacial score (nSPS) is 22.4. The third-order valence-electron chi connectivity index (χ3n) is 7.18. The van der Waals surface area contributed by atoms with Crippen LogP contribution in [0.4, 0.5) is 26.3 Å². The lowest BCUT2D eigenvalue weighted by Crippen LogP contribution is -2.25. The van der Waals surface area contributed by atoms with Crippen molar-refractivity contribution in [3.63, 3.8) is 0 Å². The fourth-order valence-corrected chi connectivity index (χ4v) is 5.43. The summed E-state index contributed by atoms with van der Waals surface area (Å²) in [5.74, 6) is -0.799. The Labute approximate surface area is 212 Å². The molecule has 3 heterocycles. The lowest BCUT2D eigenvalue weighted by Gasteiger charge is -2.26. The molecule has 2 aromatic carbocycles. The van der Waals surface area contributed by atoms with E-state index in [0.717, 1.165) is 22.8 Å². The number of hydrogen-bond donors (Lipinski definition) is 2. The Morgan fingerprint density at radius 1 is 0.974 bits per heavy atom. The predicted molar refractivity (Wildman–Crippen MR) is 120 cm³/mol. The van der Waals surface area contributed by atoms with Crippen LogP contribution in [0, 0.1) is 11.3 Å². The van der Waals surface area contributed by atoms with Crippen molar-refractivity contribution in [2.75, 3.05) is 6.61 Å². The molecular weight excluding hydrogens is 518 g/mol. The number of halogens is 6. The van der Waals surface area contributed by atoms with Gasteiger partial charge in [-0.15, -0.1) is 0 Å². The van der Waals surface area contributed by atoms with Gasteiger partial charge in [-0.3, -0.25) is 4.57 Å². The van der Waals surface area contributed by atoms with Crippen molar-refractivity contribution in [2.45, 2.75) is 49.7 Å². The summed E-state index contributed by atoms with van der Waals surface area (Å²) in [6, 6.07) is 8.46. The van der Waals surface area contributed by atoms with Crippen molar-refractivity contribution >= 4 is 0 Å². The number of rotatable bonds is 5. The Morgan fingerprint density at radius 3 is 2.24 bits per heavy atom. The Kier molecular flexibility index (Phi) is 5.65. The van der Waals surface area contributed by atoms with Crippen molar-refractivity contribution in [1.29, 1.82) is 5.26 Å². The minimum absolute atomic E-state index is 0.0125. The van der Waals surface area contributed by atoms with E-state index >= 15 is 0 Å². The molecule has 2 bridgehead atoms. The first-order valence-electron chi connectivity index (χ1n) is 11.5. The van der Waals surface area contributed by atoms with Crippen molar-refractivity contribution in [3.05, 3.63) is 70.3 Å². The van der Waals surface area contributed by atoms with E-state index in [1.54, 1.807) is 6.92 Å². The summed E-state index contributed by atoms with van der Waals surface area (Å²) in [4.78, 5) is 0. The molecule has 5 rings (SSSR count). The van der Waals surface area contributed by atoms with Crippen LogP contribution in [0.25, 0.3) is 5.69 Å². The van der Waals surface area contributed by atoms with Crippen LogP contribution in [0.3, 0.4) is 0 Å². The van der Waals surface area contributed by atoms with Crippen LogP contribution in [0.5, 0.6) is 17.5 Å². The first kappa shape index (κ1) is 25.8. The lowest BCUT2D eigenvalue weighted by molar-refractivity contribution is -0.138. The molecule has 1 fully saturated rings. The van der Waals surface area contributed by atoms with E-state index in [-0.39, 0.29) is 35.6 Å². The molecule has 200 valence electrons. The number of nitriles is 1. The summed E-state index contributed by atoms with van der Waals surface area (Å²) in [5, 5.41) is 31.3. The third kappa shape index (κ3) is 3.93. The molecule has 2 N–H and O–H groups in total. The van der Waals surface area contributed by atoms with E-state index in [1.807, 2.05) is 0 Å². The van der Waals surface area contributed by atoms with Crippen molar-refractivity contribution in [1.82, 2.24) is 4.57 Å². The molecule has 2 aliphatic heterocycles. The molecule has 1 saturated heterocycles. The standard InChI is InChI=1S/C26H20F6N2O4/c1-23-8-9-24(38-23,10-11-37-17-6-3-15(4-7-17)25(27,28)29)20-19(23)21(35)34(22(20)36)16-5-2-14(13-33)18(12-16)26(30,31)32/h2-7,12,35-36H,8-11H2,1H3/t23-,24-/m0/s1. The topological polar surface area (TPSA) is 87.6 Å². The summed E-state index contributed by atoms with van der Waals surface area (Å²) in [6.07, 6.45) is -8.33. The summed E-state index contributed by atoms with van der Waals surface area (Å²) in [6.45, 7) is 1.68. The Hall–Kier alpha value is -3.85. The highest BCUT2D eigenvalue weighted by atomic mass is 19.4. The van der Waals surface area contributed by atoms with Crippen LogP contribution in [0.2, 0.25) is 0 Å². The number of aromatic hydroxyl groups is 2. The number of alkyl halides is 6. The summed E-state index contributed by atoms with van der Waals surface area (Å²) in [5.41, 5.74) is -4.54. The zero-order valence-electron chi connectivity index (χ0n) is 19.7. The molecule has 0 unspecified atom stereocenters. The van der Waals surface area contributed by atoms with Crippen LogP contribution in [0.1, 0.15) is 54.0 Å². The smallest absolute Gasteiger partial charge is 0.417 e. The van der Waals surface area contributed by atoms with E-state index < -0.39 is 52.0 Å². The van der Waals surface area contributed by atoms with Crippen LogP contribution < -0.4 is 4.74 Å². The summed E-state index contributed by atoms with van der Waals surface area (Å²) < 4.78 is 91.7. The molecule has 0 radical (unpaired) electrons. The SMILES string of the molecule is C[C@@]12CC[C@@](CCOc3ccc(C(F)(F)F)cc3)(O1)c1c2c(O)n(-c2ccc(C#N)c(C(F)(F)F)c2)c1O. The van der Waals surface area contributed by atoms with Gasteiger partial charge in [0.05, 0.1) is 51.8 Å². The molecule has 2 aliphatic rings. The molecular formula is C26H20F6N2O4. The van der Waals surface area contributed by atoms with Gasteiger partial charge < -0.3 is 19.7 Å². The van der Waals surface area contributed by atoms with Gasteiger partial charge in [-0.1, -0.05) is 0 Å². The summed E-state index contributed by atoms with van der Waals surface area (Å²) >= 11 is 0. The van der Waals surface area contributed by atoms with E-state index in [2.05, 4.69) is 0 Å². The number of fused-ring (bicyclic) bond motifs is 5. The highest BCUT2D eigenvalue weighted by Gasteiger charge is 2.61. The third-order valence-corrected chi connectivity index (χ3v) is 7.18. The number of ether oxygens (including phenoxy) is 2. The van der Waals surface area contributed by atoms with Gasteiger partial charge in [0.15, 0.2) is 0 Å². The van der Waals surface area contributed by atoms with Gasteiger partial charge in [0.1, 0.15) is 11.4 Å².